The standard InChI is InChI=1S/C24H18N2O/c27-24(23-15-19-8-2-4-11-21(19)26-23)13-16-6-5-9-17(12-16)22-14-18-7-1-3-10-20(18)25-22/h1-12,14-15,25-26H,13H2. The fraction of sp³-hybridized carbons (Fsp3) is 0.0417. The Morgan fingerprint density at radius 2 is 1.41 bits per heavy atom. The number of hydrogen-bond donors (Lipinski definition) is 2. The summed E-state index contributed by atoms with van der Waals surface area (Å²) in [5, 5.41) is 2.25. The number of nitrogens with one attached hydrogen (secondary N) is 2. The van der Waals surface area contributed by atoms with E-state index >= 15 is 0 Å². The highest BCUT2D eigenvalue weighted by Crippen LogP contribution is 2.25. The summed E-state index contributed by atoms with van der Waals surface area (Å²) in [5.74, 6) is 0.0972. The first-order valence-corrected chi connectivity index (χ1v) is 9.04. The number of benzene rings is 3. The van der Waals surface area contributed by atoms with Gasteiger partial charge in [0.05, 0.1) is 5.69 Å². The maximum atomic E-state index is 12.7. The molecule has 0 radical (unpaired) electrons. The zero-order chi connectivity index (χ0) is 18.2. The molecule has 27 heavy (non-hydrogen) atoms. The smallest absolute Gasteiger partial charge is 0.183 e. The molecule has 0 atom stereocenters. The van der Waals surface area contributed by atoms with Crippen molar-refractivity contribution in [2.45, 2.75) is 6.42 Å². The number of Topliss-reactive ketones (excluding diaryl/α,β-unsaturated/α-hetero) is 1. The Labute approximate surface area is 156 Å². The molecule has 3 aromatic carbocycles. The maximum Gasteiger partial charge on any atom is 0.183 e. The van der Waals surface area contributed by atoms with Gasteiger partial charge in [-0.25, -0.2) is 0 Å². The lowest BCUT2D eigenvalue weighted by Crippen LogP contribution is -2.03. The van der Waals surface area contributed by atoms with Gasteiger partial charge in [0, 0.05) is 33.9 Å². The van der Waals surface area contributed by atoms with Gasteiger partial charge in [0.1, 0.15) is 0 Å². The van der Waals surface area contributed by atoms with Crippen LogP contribution in [-0.4, -0.2) is 15.8 Å². The molecule has 0 aliphatic heterocycles. The fourth-order valence-corrected chi connectivity index (χ4v) is 3.58. The summed E-state index contributed by atoms with van der Waals surface area (Å²) >= 11 is 0. The van der Waals surface area contributed by atoms with Crippen LogP contribution in [0.3, 0.4) is 0 Å². The van der Waals surface area contributed by atoms with Crippen molar-refractivity contribution >= 4 is 27.6 Å². The van der Waals surface area contributed by atoms with Gasteiger partial charge in [-0.3, -0.25) is 4.79 Å². The zero-order valence-electron chi connectivity index (χ0n) is 14.7. The van der Waals surface area contributed by atoms with E-state index in [2.05, 4.69) is 40.3 Å². The van der Waals surface area contributed by atoms with E-state index in [1.54, 1.807) is 0 Å². The minimum Gasteiger partial charge on any atom is -0.355 e. The fourth-order valence-electron chi connectivity index (χ4n) is 3.58. The topological polar surface area (TPSA) is 48.6 Å². The SMILES string of the molecule is O=C(Cc1cccc(-c2cc3ccccc3[nH]2)c1)c1cc2ccccc2[nH]1. The predicted molar refractivity (Wildman–Crippen MR) is 110 cm³/mol. The molecule has 2 N–H and O–H groups in total. The van der Waals surface area contributed by atoms with E-state index in [0.29, 0.717) is 12.1 Å². The highest BCUT2D eigenvalue weighted by atomic mass is 16.1. The summed E-state index contributed by atoms with van der Waals surface area (Å²) in [4.78, 5) is 19.4. The lowest BCUT2D eigenvalue weighted by molar-refractivity contribution is 0.0989. The number of aromatic amines is 2. The molecular weight excluding hydrogens is 332 g/mol. The van der Waals surface area contributed by atoms with Crippen LogP contribution in [0.15, 0.2) is 84.9 Å². The van der Waals surface area contributed by atoms with Crippen LogP contribution < -0.4 is 0 Å². The molecule has 5 aromatic rings. The first-order valence-electron chi connectivity index (χ1n) is 9.04. The van der Waals surface area contributed by atoms with Gasteiger partial charge >= 0.3 is 0 Å². The second kappa shape index (κ2) is 6.29. The van der Waals surface area contributed by atoms with E-state index in [-0.39, 0.29) is 5.78 Å². The molecule has 0 spiro atoms. The largest absolute Gasteiger partial charge is 0.355 e. The summed E-state index contributed by atoms with van der Waals surface area (Å²) in [6.45, 7) is 0. The van der Waals surface area contributed by atoms with Gasteiger partial charge in [0.2, 0.25) is 0 Å². The Morgan fingerprint density at radius 1 is 0.704 bits per heavy atom. The minimum atomic E-state index is 0.0972. The number of ketones is 1. The van der Waals surface area contributed by atoms with Gasteiger partial charge in [-0.2, -0.15) is 0 Å². The Bertz CT molecular complexity index is 1210. The van der Waals surface area contributed by atoms with Gasteiger partial charge in [-0.1, -0.05) is 54.6 Å². The van der Waals surface area contributed by atoms with Crippen LogP contribution in [0.25, 0.3) is 33.1 Å². The van der Waals surface area contributed by atoms with Crippen molar-refractivity contribution in [1.29, 1.82) is 0 Å². The zero-order valence-corrected chi connectivity index (χ0v) is 14.7. The highest BCUT2D eigenvalue weighted by Gasteiger charge is 2.11. The van der Waals surface area contributed by atoms with Crippen LogP contribution in [0.2, 0.25) is 0 Å². The van der Waals surface area contributed by atoms with Gasteiger partial charge in [0.15, 0.2) is 5.78 Å². The Kier molecular flexibility index (Phi) is 3.65. The summed E-state index contributed by atoms with van der Waals surface area (Å²) < 4.78 is 0. The number of rotatable bonds is 4. The molecule has 0 aliphatic carbocycles. The molecule has 2 aromatic heterocycles. The van der Waals surface area contributed by atoms with Gasteiger partial charge in [-0.15, -0.1) is 0 Å². The molecule has 0 saturated heterocycles. The normalized spacial score (nSPS) is 11.3. The Morgan fingerprint density at radius 3 is 2.15 bits per heavy atom. The molecule has 3 heteroatoms. The first-order chi connectivity index (χ1) is 13.3. The van der Waals surface area contributed by atoms with Crippen LogP contribution in [0, 0.1) is 0 Å². The molecule has 0 unspecified atom stereocenters. The Hall–Kier alpha value is -3.59. The lowest BCUT2D eigenvalue weighted by atomic mass is 10.0. The molecule has 0 bridgehead atoms. The van der Waals surface area contributed by atoms with Crippen molar-refractivity contribution < 1.29 is 4.79 Å². The average molecular weight is 350 g/mol. The van der Waals surface area contributed by atoms with Crippen molar-refractivity contribution in [2.75, 3.05) is 0 Å². The second-order valence-corrected chi connectivity index (χ2v) is 6.84. The molecule has 130 valence electrons. The summed E-state index contributed by atoms with van der Waals surface area (Å²) in [6, 6.07) is 28.4. The number of fused-ring (bicyclic) bond motifs is 2. The minimum absolute atomic E-state index is 0.0972. The van der Waals surface area contributed by atoms with Crippen LogP contribution in [-0.2, 0) is 6.42 Å². The molecule has 0 fully saturated rings. The maximum absolute atomic E-state index is 12.7. The molecule has 0 aliphatic rings. The number of para-hydroxylation sites is 2. The van der Waals surface area contributed by atoms with Crippen LogP contribution in [0.5, 0.6) is 0 Å². The Balaban J connectivity index is 1.43. The third-order valence-corrected chi connectivity index (χ3v) is 4.96. The van der Waals surface area contributed by atoms with E-state index < -0.39 is 0 Å². The molecule has 0 saturated carbocycles. The third-order valence-electron chi connectivity index (χ3n) is 4.96. The highest BCUT2D eigenvalue weighted by molar-refractivity contribution is 6.00. The second-order valence-electron chi connectivity index (χ2n) is 6.84. The van der Waals surface area contributed by atoms with Crippen LogP contribution in [0.4, 0.5) is 0 Å². The molecule has 0 amide bonds. The van der Waals surface area contributed by atoms with Crippen LogP contribution in [0.1, 0.15) is 16.1 Å². The third kappa shape index (κ3) is 2.93. The van der Waals surface area contributed by atoms with Crippen LogP contribution >= 0.6 is 0 Å². The van der Waals surface area contributed by atoms with Crippen molar-refractivity contribution in [3.8, 4) is 11.3 Å². The van der Waals surface area contributed by atoms with Gasteiger partial charge in [0.25, 0.3) is 0 Å². The van der Waals surface area contributed by atoms with E-state index in [0.717, 1.165) is 33.2 Å². The van der Waals surface area contributed by atoms with Crippen molar-refractivity contribution in [3.05, 3.63) is 96.2 Å². The van der Waals surface area contributed by atoms with E-state index in [4.69, 9.17) is 0 Å². The van der Waals surface area contributed by atoms with Crippen molar-refractivity contribution in [2.24, 2.45) is 0 Å². The van der Waals surface area contributed by atoms with Gasteiger partial charge < -0.3 is 9.97 Å². The number of hydrogen-bond acceptors (Lipinski definition) is 1. The molecule has 3 nitrogen and oxygen atoms in total. The quantitative estimate of drug-likeness (QED) is 0.399. The number of carbonyl (C=O) groups excluding carboxylic acids is 1. The molecular formula is C24H18N2O. The van der Waals surface area contributed by atoms with Crippen molar-refractivity contribution in [1.82, 2.24) is 9.97 Å². The summed E-state index contributed by atoms with van der Waals surface area (Å²) in [7, 11) is 0. The number of aromatic nitrogens is 2. The number of H-pyrrole nitrogens is 2. The summed E-state index contributed by atoms with van der Waals surface area (Å²) in [6.07, 6.45) is 0.376. The first kappa shape index (κ1) is 15.6. The monoisotopic (exact) mass is 350 g/mol. The van der Waals surface area contributed by atoms with Gasteiger partial charge in [-0.05, 0) is 41.5 Å². The lowest BCUT2D eigenvalue weighted by Gasteiger charge is -2.03. The average Bonchev–Trinajstić information content (AvgIpc) is 3.32. The van der Waals surface area contributed by atoms with E-state index in [1.165, 1.54) is 5.39 Å². The summed E-state index contributed by atoms with van der Waals surface area (Å²) in [5.41, 5.74) is 5.94. The molecule has 2 heterocycles. The van der Waals surface area contributed by atoms with E-state index in [1.807, 2.05) is 54.6 Å². The molecule has 5 rings (SSSR count). The predicted octanol–water partition coefficient (Wildman–Crippen LogP) is 5.74. The van der Waals surface area contributed by atoms with Crippen molar-refractivity contribution in [3.63, 3.8) is 0 Å². The number of carbonyl (C=O) groups is 1. The van der Waals surface area contributed by atoms with E-state index in [9.17, 15) is 4.79 Å².